The Bertz CT molecular complexity index is 830. The number of alkyl halides is 3. The summed E-state index contributed by atoms with van der Waals surface area (Å²) in [7, 11) is 0. The zero-order valence-electron chi connectivity index (χ0n) is 15.4. The summed E-state index contributed by atoms with van der Waals surface area (Å²) in [6, 6.07) is 9.81. The molecule has 0 saturated heterocycles. The molecule has 0 spiro atoms. The summed E-state index contributed by atoms with van der Waals surface area (Å²) in [5, 5.41) is 2.53. The minimum atomic E-state index is -4.44. The number of benzene rings is 2. The first-order chi connectivity index (χ1) is 12.6. The van der Waals surface area contributed by atoms with Crippen LogP contribution in [0, 0.1) is 6.92 Å². The molecule has 27 heavy (non-hydrogen) atoms. The van der Waals surface area contributed by atoms with Crippen molar-refractivity contribution in [1.29, 1.82) is 0 Å². The fourth-order valence-corrected chi connectivity index (χ4v) is 2.83. The number of nitrogens with zero attached hydrogens (tertiary/aromatic N) is 1. The molecule has 0 aliphatic rings. The van der Waals surface area contributed by atoms with Crippen LogP contribution in [0.25, 0.3) is 0 Å². The highest BCUT2D eigenvalue weighted by molar-refractivity contribution is 6.02. The maximum absolute atomic E-state index is 12.6. The number of hydrogen-bond acceptors (Lipinski definition) is 2. The lowest BCUT2D eigenvalue weighted by Crippen LogP contribution is -2.37. The van der Waals surface area contributed by atoms with E-state index in [0.717, 1.165) is 23.3 Å². The van der Waals surface area contributed by atoms with Crippen molar-refractivity contribution < 1.29 is 22.8 Å². The number of anilines is 2. The van der Waals surface area contributed by atoms with Crippen LogP contribution in [0.5, 0.6) is 0 Å². The van der Waals surface area contributed by atoms with Gasteiger partial charge in [-0.2, -0.15) is 13.2 Å². The molecule has 2 amide bonds. The Morgan fingerprint density at radius 2 is 1.70 bits per heavy atom. The molecule has 0 radical (unpaired) electrons. The summed E-state index contributed by atoms with van der Waals surface area (Å²) < 4.78 is 37.8. The number of hydrogen-bond donors (Lipinski definition) is 1. The molecule has 144 valence electrons. The Balaban J connectivity index is 2.18. The molecule has 0 atom stereocenters. The predicted octanol–water partition coefficient (Wildman–Crippen LogP) is 4.57. The Labute approximate surface area is 156 Å². The maximum atomic E-state index is 12.6. The van der Waals surface area contributed by atoms with Gasteiger partial charge in [-0.25, -0.2) is 0 Å². The third-order valence-corrected chi connectivity index (χ3v) is 4.15. The Morgan fingerprint density at radius 3 is 2.22 bits per heavy atom. The number of carbonyl (C=O) groups excluding carboxylic acids is 2. The van der Waals surface area contributed by atoms with Crippen LogP contribution in [0.3, 0.4) is 0 Å². The standard InChI is InChI=1S/C20H21F3N2O2/c1-4-15-7-5-6-13(2)19(15)25(14(3)26)12-18(27)24-17-10-8-16(9-11-17)20(21,22)23/h5-11H,4,12H2,1-3H3,(H,24,27). The van der Waals surface area contributed by atoms with E-state index in [4.69, 9.17) is 0 Å². The summed E-state index contributed by atoms with van der Waals surface area (Å²) in [5.41, 5.74) is 1.94. The van der Waals surface area contributed by atoms with E-state index in [1.54, 1.807) is 0 Å². The molecule has 2 aromatic rings. The van der Waals surface area contributed by atoms with E-state index in [0.29, 0.717) is 12.1 Å². The van der Waals surface area contributed by atoms with E-state index < -0.39 is 17.6 Å². The lowest BCUT2D eigenvalue weighted by atomic mass is 10.0. The lowest BCUT2D eigenvalue weighted by Gasteiger charge is -2.25. The zero-order chi connectivity index (χ0) is 20.2. The molecule has 0 aliphatic carbocycles. The van der Waals surface area contributed by atoms with Crippen molar-refractivity contribution in [1.82, 2.24) is 0 Å². The normalized spacial score (nSPS) is 11.2. The molecule has 0 aromatic heterocycles. The molecule has 7 heteroatoms. The molecule has 2 aromatic carbocycles. The van der Waals surface area contributed by atoms with Gasteiger partial charge in [0.2, 0.25) is 11.8 Å². The van der Waals surface area contributed by atoms with Crippen LogP contribution in [0.1, 0.15) is 30.5 Å². The fourth-order valence-electron chi connectivity index (χ4n) is 2.83. The van der Waals surface area contributed by atoms with Gasteiger partial charge in [0.15, 0.2) is 0 Å². The van der Waals surface area contributed by atoms with Crippen molar-refractivity contribution in [3.05, 3.63) is 59.2 Å². The molecule has 1 N–H and O–H groups in total. The highest BCUT2D eigenvalue weighted by Gasteiger charge is 2.30. The largest absolute Gasteiger partial charge is 0.416 e. The van der Waals surface area contributed by atoms with Crippen LogP contribution in [0.15, 0.2) is 42.5 Å². The van der Waals surface area contributed by atoms with E-state index in [2.05, 4.69) is 5.32 Å². The van der Waals surface area contributed by atoms with Gasteiger partial charge in [0, 0.05) is 12.6 Å². The van der Waals surface area contributed by atoms with Crippen molar-refractivity contribution in [3.63, 3.8) is 0 Å². The summed E-state index contributed by atoms with van der Waals surface area (Å²) in [4.78, 5) is 25.9. The van der Waals surface area contributed by atoms with Crippen LogP contribution in [-0.4, -0.2) is 18.4 Å². The van der Waals surface area contributed by atoms with E-state index in [-0.39, 0.29) is 18.1 Å². The summed E-state index contributed by atoms with van der Waals surface area (Å²) in [6.45, 7) is 4.96. The second-order valence-corrected chi connectivity index (χ2v) is 6.16. The van der Waals surface area contributed by atoms with Gasteiger partial charge < -0.3 is 10.2 Å². The van der Waals surface area contributed by atoms with Crippen LogP contribution < -0.4 is 10.2 Å². The van der Waals surface area contributed by atoms with Crippen molar-refractivity contribution in [2.75, 3.05) is 16.8 Å². The molecule has 0 bridgehead atoms. The second-order valence-electron chi connectivity index (χ2n) is 6.16. The number of halogens is 3. The van der Waals surface area contributed by atoms with Crippen molar-refractivity contribution in [2.45, 2.75) is 33.4 Å². The monoisotopic (exact) mass is 378 g/mol. The van der Waals surface area contributed by atoms with Crippen LogP contribution in [-0.2, 0) is 22.2 Å². The van der Waals surface area contributed by atoms with E-state index in [9.17, 15) is 22.8 Å². The van der Waals surface area contributed by atoms with Gasteiger partial charge in [0.25, 0.3) is 0 Å². The third kappa shape index (κ3) is 5.09. The molecule has 4 nitrogen and oxygen atoms in total. The summed E-state index contributed by atoms with van der Waals surface area (Å²) >= 11 is 0. The topological polar surface area (TPSA) is 49.4 Å². The van der Waals surface area contributed by atoms with Gasteiger partial charge in [0.05, 0.1) is 11.3 Å². The molecule has 0 unspecified atom stereocenters. The van der Waals surface area contributed by atoms with Crippen LogP contribution in [0.2, 0.25) is 0 Å². The van der Waals surface area contributed by atoms with Crippen molar-refractivity contribution in [3.8, 4) is 0 Å². The molecular formula is C20H21F3N2O2. The number of amides is 2. The van der Waals surface area contributed by atoms with Crippen LogP contribution in [0.4, 0.5) is 24.5 Å². The Kier molecular flexibility index (Phi) is 6.25. The van der Waals surface area contributed by atoms with E-state index >= 15 is 0 Å². The summed E-state index contributed by atoms with van der Waals surface area (Å²) in [5.74, 6) is -0.781. The summed E-state index contributed by atoms with van der Waals surface area (Å²) in [6.07, 6.45) is -3.74. The molecular weight excluding hydrogens is 357 g/mol. The minimum absolute atomic E-state index is 0.228. The zero-order valence-corrected chi connectivity index (χ0v) is 15.4. The first-order valence-electron chi connectivity index (χ1n) is 8.47. The van der Waals surface area contributed by atoms with Crippen molar-refractivity contribution in [2.24, 2.45) is 0 Å². The number of rotatable bonds is 5. The van der Waals surface area contributed by atoms with Gasteiger partial charge in [-0.3, -0.25) is 9.59 Å². The Hall–Kier alpha value is -2.83. The average Bonchev–Trinajstić information content (AvgIpc) is 2.59. The van der Waals surface area contributed by atoms with Gasteiger partial charge in [-0.1, -0.05) is 25.1 Å². The molecule has 2 rings (SSSR count). The van der Waals surface area contributed by atoms with Gasteiger partial charge in [0.1, 0.15) is 6.54 Å². The predicted molar refractivity (Wildman–Crippen MR) is 98.7 cm³/mol. The lowest BCUT2D eigenvalue weighted by molar-refractivity contribution is -0.137. The Morgan fingerprint density at radius 1 is 1.07 bits per heavy atom. The molecule has 0 heterocycles. The highest BCUT2D eigenvalue weighted by atomic mass is 19.4. The number of carbonyl (C=O) groups is 2. The molecule has 0 fully saturated rings. The first kappa shape index (κ1) is 20.5. The third-order valence-electron chi connectivity index (χ3n) is 4.15. The molecule has 0 saturated carbocycles. The quantitative estimate of drug-likeness (QED) is 0.829. The number of aryl methyl sites for hydroxylation is 2. The fraction of sp³-hybridized carbons (Fsp3) is 0.300. The smallest absolute Gasteiger partial charge is 0.325 e. The first-order valence-corrected chi connectivity index (χ1v) is 8.47. The SMILES string of the molecule is CCc1cccc(C)c1N(CC(=O)Nc1ccc(C(F)(F)F)cc1)C(C)=O. The van der Waals surface area contributed by atoms with E-state index in [1.165, 1.54) is 24.0 Å². The van der Waals surface area contributed by atoms with Crippen LogP contribution >= 0.6 is 0 Å². The highest BCUT2D eigenvalue weighted by Crippen LogP contribution is 2.30. The minimum Gasteiger partial charge on any atom is -0.325 e. The maximum Gasteiger partial charge on any atom is 0.416 e. The average molecular weight is 378 g/mol. The van der Waals surface area contributed by atoms with Gasteiger partial charge in [-0.05, 0) is 48.7 Å². The molecule has 0 aliphatic heterocycles. The number of nitrogens with one attached hydrogen (secondary N) is 1. The number of para-hydroxylation sites is 1. The van der Waals surface area contributed by atoms with Crippen molar-refractivity contribution >= 4 is 23.2 Å². The van der Waals surface area contributed by atoms with Gasteiger partial charge >= 0.3 is 6.18 Å². The van der Waals surface area contributed by atoms with E-state index in [1.807, 2.05) is 32.0 Å². The van der Waals surface area contributed by atoms with Gasteiger partial charge in [-0.15, -0.1) is 0 Å². The second kappa shape index (κ2) is 8.24.